The standard InChI is InChI=1S/C23H20N4OS/c28-22(17-11-5-2-6-12-17)27-23(29)26-20(16-9-3-1-4-10-16)15-21-24-18-13-7-8-14-19(18)25-21/h1-14,20H,15H2,(H,24,25)(H2,26,27,28,29). The van der Waals surface area contributed by atoms with Crippen molar-refractivity contribution in [1.82, 2.24) is 20.6 Å². The lowest BCUT2D eigenvalue weighted by Crippen LogP contribution is -2.41. The quantitative estimate of drug-likeness (QED) is 0.440. The molecule has 1 heterocycles. The number of amides is 1. The first-order valence-electron chi connectivity index (χ1n) is 9.34. The Hall–Kier alpha value is -3.51. The molecule has 1 unspecified atom stereocenters. The second-order valence-corrected chi connectivity index (χ2v) is 7.07. The number of aromatic amines is 1. The van der Waals surface area contributed by atoms with Crippen molar-refractivity contribution in [3.8, 4) is 0 Å². The Labute approximate surface area is 174 Å². The maximum Gasteiger partial charge on any atom is 0.257 e. The lowest BCUT2D eigenvalue weighted by molar-refractivity contribution is 0.0976. The Kier molecular flexibility index (Phi) is 5.63. The number of carbonyl (C=O) groups is 1. The summed E-state index contributed by atoms with van der Waals surface area (Å²) in [6.45, 7) is 0. The summed E-state index contributed by atoms with van der Waals surface area (Å²) >= 11 is 5.41. The summed E-state index contributed by atoms with van der Waals surface area (Å²) in [4.78, 5) is 20.4. The average molecular weight is 401 g/mol. The maximum atomic E-state index is 12.4. The zero-order valence-corrected chi connectivity index (χ0v) is 16.4. The van der Waals surface area contributed by atoms with Gasteiger partial charge in [0.1, 0.15) is 5.82 Å². The van der Waals surface area contributed by atoms with Crippen LogP contribution in [-0.2, 0) is 6.42 Å². The van der Waals surface area contributed by atoms with Crippen molar-refractivity contribution in [3.63, 3.8) is 0 Å². The average Bonchev–Trinajstić information content (AvgIpc) is 3.17. The van der Waals surface area contributed by atoms with Crippen molar-refractivity contribution >= 4 is 34.3 Å². The first kappa shape index (κ1) is 18.8. The van der Waals surface area contributed by atoms with Gasteiger partial charge in [-0.2, -0.15) is 0 Å². The summed E-state index contributed by atoms with van der Waals surface area (Å²) in [5.41, 5.74) is 3.54. The Balaban J connectivity index is 1.51. The molecule has 0 aliphatic carbocycles. The molecule has 1 atom stereocenters. The second kappa shape index (κ2) is 8.67. The third-order valence-electron chi connectivity index (χ3n) is 4.61. The highest BCUT2D eigenvalue weighted by Gasteiger charge is 2.17. The highest BCUT2D eigenvalue weighted by molar-refractivity contribution is 7.80. The zero-order valence-electron chi connectivity index (χ0n) is 15.6. The lowest BCUT2D eigenvalue weighted by Gasteiger charge is -2.20. The molecule has 1 amide bonds. The van der Waals surface area contributed by atoms with E-state index in [0.29, 0.717) is 12.0 Å². The minimum atomic E-state index is -0.237. The predicted octanol–water partition coefficient (Wildman–Crippen LogP) is 4.15. The molecule has 4 rings (SSSR count). The zero-order chi connectivity index (χ0) is 20.1. The summed E-state index contributed by atoms with van der Waals surface area (Å²) in [5.74, 6) is 0.614. The molecule has 0 fully saturated rings. The van der Waals surface area contributed by atoms with Gasteiger partial charge in [0.25, 0.3) is 5.91 Å². The van der Waals surface area contributed by atoms with Crippen LogP contribution in [0, 0.1) is 0 Å². The Bertz CT molecular complexity index is 1090. The molecule has 0 aliphatic rings. The second-order valence-electron chi connectivity index (χ2n) is 6.66. The lowest BCUT2D eigenvalue weighted by atomic mass is 10.0. The van der Waals surface area contributed by atoms with Gasteiger partial charge in [-0.15, -0.1) is 0 Å². The molecule has 3 aromatic carbocycles. The van der Waals surface area contributed by atoms with Crippen LogP contribution in [0.5, 0.6) is 0 Å². The number of hydrogen-bond acceptors (Lipinski definition) is 3. The van der Waals surface area contributed by atoms with Crippen molar-refractivity contribution in [2.45, 2.75) is 12.5 Å². The van der Waals surface area contributed by atoms with Gasteiger partial charge in [-0.3, -0.25) is 10.1 Å². The first-order valence-corrected chi connectivity index (χ1v) is 9.75. The molecule has 0 bridgehead atoms. The molecule has 0 spiro atoms. The molecule has 0 radical (unpaired) electrons. The molecule has 1 aromatic heterocycles. The van der Waals surface area contributed by atoms with E-state index >= 15 is 0 Å². The van der Waals surface area contributed by atoms with Crippen LogP contribution in [0.25, 0.3) is 11.0 Å². The smallest absolute Gasteiger partial charge is 0.257 e. The summed E-state index contributed by atoms with van der Waals surface area (Å²) in [6, 6.07) is 26.8. The van der Waals surface area contributed by atoms with E-state index in [4.69, 9.17) is 12.2 Å². The van der Waals surface area contributed by atoms with Gasteiger partial charge in [0.2, 0.25) is 0 Å². The van der Waals surface area contributed by atoms with Crippen molar-refractivity contribution in [2.24, 2.45) is 0 Å². The minimum Gasteiger partial charge on any atom is -0.355 e. The fraction of sp³-hybridized carbons (Fsp3) is 0.0870. The van der Waals surface area contributed by atoms with Crippen LogP contribution in [0.2, 0.25) is 0 Å². The maximum absolute atomic E-state index is 12.4. The fourth-order valence-corrected chi connectivity index (χ4v) is 3.43. The normalized spacial score (nSPS) is 11.7. The van der Waals surface area contributed by atoms with Crippen LogP contribution >= 0.6 is 12.2 Å². The van der Waals surface area contributed by atoms with Crippen molar-refractivity contribution in [3.05, 3.63) is 102 Å². The van der Waals surface area contributed by atoms with Gasteiger partial charge in [0, 0.05) is 12.0 Å². The van der Waals surface area contributed by atoms with Crippen molar-refractivity contribution < 1.29 is 4.79 Å². The molecule has 144 valence electrons. The molecule has 0 saturated heterocycles. The molecule has 0 aliphatic heterocycles. The number of rotatable bonds is 5. The van der Waals surface area contributed by atoms with Crippen molar-refractivity contribution in [1.29, 1.82) is 0 Å². The van der Waals surface area contributed by atoms with E-state index < -0.39 is 0 Å². The highest BCUT2D eigenvalue weighted by Crippen LogP contribution is 2.19. The third-order valence-corrected chi connectivity index (χ3v) is 4.83. The molecule has 3 N–H and O–H groups in total. The highest BCUT2D eigenvalue weighted by atomic mass is 32.1. The van der Waals surface area contributed by atoms with E-state index in [1.54, 1.807) is 12.1 Å². The van der Waals surface area contributed by atoms with E-state index in [1.165, 1.54) is 0 Å². The van der Waals surface area contributed by atoms with Gasteiger partial charge in [-0.25, -0.2) is 4.98 Å². The number of imidazole rings is 1. The van der Waals surface area contributed by atoms with Gasteiger partial charge in [0.15, 0.2) is 5.11 Å². The minimum absolute atomic E-state index is 0.139. The number of fused-ring (bicyclic) bond motifs is 1. The number of hydrogen-bond donors (Lipinski definition) is 3. The Morgan fingerprint density at radius 1 is 0.931 bits per heavy atom. The van der Waals surface area contributed by atoms with E-state index in [-0.39, 0.29) is 17.1 Å². The number of nitrogens with one attached hydrogen (secondary N) is 3. The molecule has 6 heteroatoms. The Morgan fingerprint density at radius 2 is 1.59 bits per heavy atom. The van der Waals surface area contributed by atoms with Crippen LogP contribution in [0.4, 0.5) is 0 Å². The van der Waals surface area contributed by atoms with Crippen LogP contribution in [0.3, 0.4) is 0 Å². The van der Waals surface area contributed by atoms with Crippen LogP contribution < -0.4 is 10.6 Å². The van der Waals surface area contributed by atoms with Gasteiger partial charge in [-0.1, -0.05) is 60.7 Å². The summed E-state index contributed by atoms with van der Waals surface area (Å²) < 4.78 is 0. The number of nitrogens with zero attached hydrogens (tertiary/aromatic N) is 1. The number of thiocarbonyl (C=S) groups is 1. The molecule has 4 aromatic rings. The predicted molar refractivity (Wildman–Crippen MR) is 119 cm³/mol. The van der Waals surface area contributed by atoms with Crippen molar-refractivity contribution in [2.75, 3.05) is 0 Å². The number of para-hydroxylation sites is 2. The van der Waals surface area contributed by atoms with E-state index in [9.17, 15) is 4.79 Å². The van der Waals surface area contributed by atoms with Crippen LogP contribution in [0.15, 0.2) is 84.9 Å². The monoisotopic (exact) mass is 400 g/mol. The first-order chi connectivity index (χ1) is 14.2. The molecular formula is C23H20N4OS. The van der Waals surface area contributed by atoms with E-state index in [1.807, 2.05) is 72.8 Å². The topological polar surface area (TPSA) is 69.8 Å². The van der Waals surface area contributed by atoms with Gasteiger partial charge in [0.05, 0.1) is 17.1 Å². The summed E-state index contributed by atoms with van der Waals surface area (Å²) in [5, 5.41) is 6.31. The van der Waals surface area contributed by atoms with E-state index in [2.05, 4.69) is 20.6 Å². The molecule has 0 saturated carbocycles. The number of carbonyl (C=O) groups excluding carboxylic acids is 1. The Morgan fingerprint density at radius 3 is 2.31 bits per heavy atom. The molecule has 5 nitrogen and oxygen atoms in total. The molecular weight excluding hydrogens is 380 g/mol. The SMILES string of the molecule is O=C(NC(=S)NC(Cc1nc2ccccc2[nH]1)c1ccccc1)c1ccccc1. The number of aromatic nitrogens is 2. The number of H-pyrrole nitrogens is 1. The van der Waals surface area contributed by atoms with Gasteiger partial charge >= 0.3 is 0 Å². The van der Waals surface area contributed by atoms with Crippen LogP contribution in [-0.4, -0.2) is 21.0 Å². The largest absolute Gasteiger partial charge is 0.355 e. The van der Waals surface area contributed by atoms with Crippen LogP contribution in [0.1, 0.15) is 27.8 Å². The van der Waals surface area contributed by atoms with Gasteiger partial charge < -0.3 is 10.3 Å². The molecule has 29 heavy (non-hydrogen) atoms. The van der Waals surface area contributed by atoms with Gasteiger partial charge in [-0.05, 0) is 42.0 Å². The number of benzene rings is 3. The summed E-state index contributed by atoms with van der Waals surface area (Å²) in [6.07, 6.45) is 0.597. The fourth-order valence-electron chi connectivity index (χ4n) is 3.19. The third kappa shape index (κ3) is 4.67. The summed E-state index contributed by atoms with van der Waals surface area (Å²) in [7, 11) is 0. The van der Waals surface area contributed by atoms with E-state index in [0.717, 1.165) is 22.4 Å².